The molecule has 0 radical (unpaired) electrons. The van der Waals surface area contributed by atoms with Gasteiger partial charge >= 0.3 is 23.9 Å². The topological polar surface area (TPSA) is 267 Å². The molecule has 0 aromatic heterocycles. The SMILES string of the molecule is CC(C)Cc1cc(CC(Cc2cc(CC(C)C)c(O)c(CC(C)C)c2)(Cc2cc(CC(C)C)c(O)c(CC(C)C)c2)Cc2cc(CC(C)C)c(O)c(CC(C)C)c2)cc(CC(C)C)c1O.CC(C)Cc1cc(CCC(=O)OCC(COC(=O)CCc2cc(CC(C)C)c(O)c(CC(C)C)c2)(COC(=O)CCc2cc(CC(C)C)c(O)c(CC(C)C)c2)COC(=O)CCc2cc(CC(C)C)c(O)c(CC(C)C)c2)cc(CC(C)C)c1O. The fourth-order valence-electron chi connectivity index (χ4n) is 21.7. The van der Waals surface area contributed by atoms with Gasteiger partial charge in [-0.05, 0) is 388 Å². The van der Waals surface area contributed by atoms with Crippen LogP contribution in [0.2, 0.25) is 0 Å². The molecule has 0 amide bonds. The lowest BCUT2D eigenvalue weighted by molar-refractivity contribution is -0.170. The van der Waals surface area contributed by atoms with Gasteiger partial charge in [0.15, 0.2) is 0 Å². The fourth-order valence-corrected chi connectivity index (χ4v) is 21.7. The molecule has 8 aromatic carbocycles. The summed E-state index contributed by atoms with van der Waals surface area (Å²) in [6.45, 7) is 67.5. The van der Waals surface area contributed by atoms with Gasteiger partial charge in [0.05, 0.1) is 0 Å². The maximum absolute atomic E-state index is 14.0. The van der Waals surface area contributed by atoms with Crippen LogP contribution in [0.3, 0.4) is 0 Å². The van der Waals surface area contributed by atoms with Crippen LogP contribution in [0.1, 0.15) is 381 Å². The molecule has 8 N–H and O–H groups in total. The number of rotatable bonds is 60. The van der Waals surface area contributed by atoms with Gasteiger partial charge in [-0.1, -0.05) is 319 Å². The Kier molecular flexibility index (Phi) is 50.8. The molecule has 0 atom stereocenters. The summed E-state index contributed by atoms with van der Waals surface area (Å²) in [6, 6.07) is 34.0. The molecule has 16 heteroatoms. The van der Waals surface area contributed by atoms with E-state index in [2.05, 4.69) is 270 Å². The van der Waals surface area contributed by atoms with E-state index in [9.17, 15) is 60.0 Å². The number of hydrogen-bond donors (Lipinski definition) is 8. The van der Waals surface area contributed by atoms with Crippen molar-refractivity contribution in [3.63, 3.8) is 0 Å². The number of phenols is 8. The van der Waals surface area contributed by atoms with Crippen LogP contribution < -0.4 is 0 Å². The number of carbonyl (C=O) groups is 4. The van der Waals surface area contributed by atoms with Crippen LogP contribution in [0.15, 0.2) is 97.1 Å². The second-order valence-corrected chi connectivity index (χ2v) is 52.0. The van der Waals surface area contributed by atoms with Gasteiger partial charge in [-0.15, -0.1) is 0 Å². The van der Waals surface area contributed by atoms with E-state index in [-0.39, 0.29) is 101 Å². The first-order valence-corrected chi connectivity index (χ1v) is 57.5. The van der Waals surface area contributed by atoms with Crippen molar-refractivity contribution >= 4 is 23.9 Å². The Balaban J connectivity index is 0.000000420. The Morgan fingerprint density at radius 1 is 0.173 bits per heavy atom. The van der Waals surface area contributed by atoms with Gasteiger partial charge in [0.25, 0.3) is 0 Å². The van der Waals surface area contributed by atoms with Gasteiger partial charge in [0.2, 0.25) is 0 Å². The van der Waals surface area contributed by atoms with Crippen LogP contribution in [0, 0.1) is 106 Å². The minimum Gasteiger partial charge on any atom is -0.507 e. The van der Waals surface area contributed by atoms with Crippen molar-refractivity contribution in [2.75, 3.05) is 26.4 Å². The smallest absolute Gasteiger partial charge is 0.306 e. The van der Waals surface area contributed by atoms with Crippen molar-refractivity contribution < 1.29 is 79.0 Å². The summed E-state index contributed by atoms with van der Waals surface area (Å²) in [5, 5.41) is 92.3. The summed E-state index contributed by atoms with van der Waals surface area (Å²) in [6.07, 6.45) is 16.0. The van der Waals surface area contributed by atoms with E-state index in [1.807, 2.05) is 48.5 Å². The molecule has 8 rings (SSSR count). The van der Waals surface area contributed by atoms with Crippen molar-refractivity contribution in [3.8, 4) is 46.0 Å². The van der Waals surface area contributed by atoms with Gasteiger partial charge in [-0.3, -0.25) is 19.2 Å². The summed E-state index contributed by atoms with van der Waals surface area (Å²) < 4.78 is 24.4. The number of ether oxygens (including phenoxy) is 4. The predicted molar refractivity (Wildman–Crippen MR) is 618 cm³/mol. The highest BCUT2D eigenvalue weighted by Gasteiger charge is 2.40. The molecule has 0 spiro atoms. The Hall–Kier alpha value is -9.96. The molecule has 150 heavy (non-hydrogen) atoms. The average molecular weight is 2070 g/mol. The first kappa shape index (κ1) is 127. The van der Waals surface area contributed by atoms with E-state index in [1.165, 1.54) is 22.3 Å². The molecule has 0 aliphatic rings. The predicted octanol–water partition coefficient (Wildman–Crippen LogP) is 30.4. The second-order valence-electron chi connectivity index (χ2n) is 52.0. The molecular weight excluding hydrogens is 1870 g/mol. The molecule has 0 aliphatic carbocycles. The number of aromatic hydroxyl groups is 8. The Morgan fingerprint density at radius 2 is 0.273 bits per heavy atom. The highest BCUT2D eigenvalue weighted by molar-refractivity contribution is 5.72. The molecule has 16 nitrogen and oxygen atoms in total. The van der Waals surface area contributed by atoms with Gasteiger partial charge in [0.1, 0.15) is 77.8 Å². The summed E-state index contributed by atoms with van der Waals surface area (Å²) in [4.78, 5) is 56.1. The standard InChI is InChI=1S/C73H108O12.C61H92O4/c1-45(2)25-57-33-53(34-58(69(57)78)26-46(3)4)17-21-65(74)82-41-73(42-83-66(75)22-18-54-35-59(27-47(5)6)70(79)60(36-54)28-48(7)8,43-84-67(76)23-19-55-37-61(29-49(9)10)71(80)62(38-55)30-50(11)12)44-85-68(77)24-20-56-39-63(31-51(13)14)72(81)64(40-56)32-52(15)16;1-37(2)17-49-25-45(26-50(57(49)62)18-38(3)4)33-61(34-46-27-51(19-39(5)6)58(63)52(28-46)20-40(7)8,35-47-29-53(21-41(9)10)59(64)54(30-47)22-42(11)12)36-48-31-55(23-43(13)14)60(65)56(32-48)24-44(15)16/h33-40,45-52,78-81H,17-32,41-44H2,1-16H3;25-32,37-44,62-65H,17-24,33-36H2,1-16H3. The van der Waals surface area contributed by atoms with Crippen molar-refractivity contribution in [1.29, 1.82) is 0 Å². The fraction of sp³-hybridized carbons (Fsp3) is 0.612. The number of phenolic OH excluding ortho intramolecular Hbond substituents is 8. The Morgan fingerprint density at radius 3 is 0.373 bits per heavy atom. The first-order chi connectivity index (χ1) is 70.2. The van der Waals surface area contributed by atoms with E-state index < -0.39 is 55.7 Å². The third-order valence-electron chi connectivity index (χ3n) is 27.6. The largest absolute Gasteiger partial charge is 0.507 e. The summed E-state index contributed by atoms with van der Waals surface area (Å²) in [5.41, 5.74) is 21.4. The molecule has 0 aliphatic heterocycles. The van der Waals surface area contributed by atoms with Crippen molar-refractivity contribution in [1.82, 2.24) is 0 Å². The molecule has 0 saturated carbocycles. The zero-order valence-corrected chi connectivity index (χ0v) is 98.9. The first-order valence-electron chi connectivity index (χ1n) is 57.5. The number of benzene rings is 8. The summed E-state index contributed by atoms with van der Waals surface area (Å²) in [7, 11) is 0. The lowest BCUT2D eigenvalue weighted by Crippen LogP contribution is -2.44. The van der Waals surface area contributed by atoms with Gasteiger partial charge in [0, 0.05) is 25.7 Å². The number of aryl methyl sites for hydroxylation is 4. The highest BCUT2D eigenvalue weighted by Crippen LogP contribution is 2.46. The molecule has 0 saturated heterocycles. The lowest BCUT2D eigenvalue weighted by Gasteiger charge is -2.37. The quantitative estimate of drug-likeness (QED) is 0.0130. The van der Waals surface area contributed by atoms with Crippen LogP contribution in [0.25, 0.3) is 0 Å². The minimum atomic E-state index is -1.54. The maximum Gasteiger partial charge on any atom is 0.306 e. The van der Waals surface area contributed by atoms with E-state index in [0.717, 1.165) is 188 Å². The summed E-state index contributed by atoms with van der Waals surface area (Å²) >= 11 is 0. The van der Waals surface area contributed by atoms with Crippen molar-refractivity contribution in [2.24, 2.45) is 106 Å². The number of carbonyl (C=O) groups excluding carboxylic acids is 4. The van der Waals surface area contributed by atoms with E-state index in [0.29, 0.717) is 147 Å². The molecule has 0 heterocycles. The third-order valence-corrected chi connectivity index (χ3v) is 27.6. The van der Waals surface area contributed by atoms with Crippen LogP contribution in [0.4, 0.5) is 0 Å². The van der Waals surface area contributed by atoms with Crippen LogP contribution in [0.5, 0.6) is 46.0 Å². The molecule has 832 valence electrons. The monoisotopic (exact) mass is 2070 g/mol. The van der Waals surface area contributed by atoms with Crippen LogP contribution in [-0.2, 0) is 192 Å². The van der Waals surface area contributed by atoms with E-state index in [4.69, 9.17) is 18.9 Å². The van der Waals surface area contributed by atoms with Crippen LogP contribution >= 0.6 is 0 Å². The molecule has 0 fully saturated rings. The zero-order valence-electron chi connectivity index (χ0n) is 98.9. The number of esters is 4. The van der Waals surface area contributed by atoms with Gasteiger partial charge < -0.3 is 59.8 Å². The molecule has 0 unspecified atom stereocenters. The summed E-state index contributed by atoms with van der Waals surface area (Å²) in [5.74, 6) is 6.06. The average Bonchev–Trinajstić information content (AvgIpc) is 0.767. The van der Waals surface area contributed by atoms with Crippen molar-refractivity contribution in [2.45, 2.75) is 401 Å². The van der Waals surface area contributed by atoms with E-state index >= 15 is 0 Å². The second kappa shape index (κ2) is 60.1. The van der Waals surface area contributed by atoms with Gasteiger partial charge in [-0.25, -0.2) is 0 Å². The molecular formula is C134H200O16. The van der Waals surface area contributed by atoms with E-state index in [1.54, 1.807) is 0 Å². The lowest BCUT2D eigenvalue weighted by atomic mass is 9.67. The normalized spacial score (nSPS) is 12.3. The zero-order chi connectivity index (χ0) is 112. The van der Waals surface area contributed by atoms with Crippen molar-refractivity contribution in [3.05, 3.63) is 231 Å². The maximum atomic E-state index is 14.0. The van der Waals surface area contributed by atoms with Crippen LogP contribution in [-0.4, -0.2) is 91.2 Å². The minimum absolute atomic E-state index is 0.0267. The molecule has 8 aromatic rings. The highest BCUT2D eigenvalue weighted by atomic mass is 16.6. The number of hydrogen-bond acceptors (Lipinski definition) is 16. The Bertz CT molecular complexity index is 4690. The molecule has 0 bridgehead atoms. The van der Waals surface area contributed by atoms with Gasteiger partial charge in [-0.2, -0.15) is 0 Å². The Labute approximate surface area is 907 Å². The third kappa shape index (κ3) is 42.8.